The zero-order valence-corrected chi connectivity index (χ0v) is 11.7. The molecule has 1 aromatic carbocycles. The van der Waals surface area contributed by atoms with Crippen LogP contribution in [0.1, 0.15) is 12.0 Å². The van der Waals surface area contributed by atoms with E-state index in [4.69, 9.17) is 17.3 Å². The minimum absolute atomic E-state index is 0.0952. The van der Waals surface area contributed by atoms with Crippen molar-refractivity contribution in [2.75, 3.05) is 6.54 Å². The number of rotatable bonds is 4. The van der Waals surface area contributed by atoms with Gasteiger partial charge >= 0.3 is 6.36 Å². The number of hydrogen-bond acceptors (Lipinski definition) is 3. The molecule has 1 heterocycles. The van der Waals surface area contributed by atoms with E-state index in [1.54, 1.807) is 0 Å². The number of nitrogens with two attached hydrogens (primary N) is 1. The first-order valence-electron chi connectivity index (χ1n) is 6.31. The van der Waals surface area contributed by atoms with Crippen LogP contribution in [-0.2, 0) is 11.2 Å². The molecule has 0 aliphatic carbocycles. The van der Waals surface area contributed by atoms with Crippen molar-refractivity contribution in [3.8, 4) is 5.75 Å². The van der Waals surface area contributed by atoms with E-state index in [-0.39, 0.29) is 17.0 Å². The summed E-state index contributed by atoms with van der Waals surface area (Å²) in [7, 11) is 0. The highest BCUT2D eigenvalue weighted by molar-refractivity contribution is 6.32. The fourth-order valence-electron chi connectivity index (χ4n) is 2.39. The molecule has 1 aromatic rings. The number of hydrogen-bond donors (Lipinski definition) is 2. The molecule has 0 saturated carbocycles. The summed E-state index contributed by atoms with van der Waals surface area (Å²) >= 11 is 5.79. The van der Waals surface area contributed by atoms with Gasteiger partial charge < -0.3 is 15.8 Å². The Morgan fingerprint density at radius 1 is 1.48 bits per heavy atom. The van der Waals surface area contributed by atoms with Crippen molar-refractivity contribution in [3.63, 3.8) is 0 Å². The zero-order chi connectivity index (χ0) is 15.6. The van der Waals surface area contributed by atoms with Gasteiger partial charge in [-0.05, 0) is 43.0 Å². The number of alkyl halides is 3. The number of halogens is 4. The van der Waals surface area contributed by atoms with Crippen molar-refractivity contribution >= 4 is 17.5 Å². The molecular formula is C13H14ClF3N2O2. The minimum Gasteiger partial charge on any atom is -0.404 e. The maximum Gasteiger partial charge on any atom is 0.573 e. The van der Waals surface area contributed by atoms with Crippen LogP contribution in [0, 0.1) is 5.92 Å². The maximum absolute atomic E-state index is 12.1. The molecule has 2 unspecified atom stereocenters. The molecular weight excluding hydrogens is 309 g/mol. The van der Waals surface area contributed by atoms with Gasteiger partial charge in [0.25, 0.3) is 0 Å². The normalized spacial score (nSPS) is 22.3. The summed E-state index contributed by atoms with van der Waals surface area (Å²) in [5.41, 5.74) is 5.99. The van der Waals surface area contributed by atoms with Gasteiger partial charge in [0.15, 0.2) is 0 Å². The number of amides is 1. The minimum atomic E-state index is -4.77. The Bertz CT molecular complexity index is 537. The fraction of sp³-hybridized carbons (Fsp3) is 0.462. The van der Waals surface area contributed by atoms with Crippen molar-refractivity contribution in [1.82, 2.24) is 5.32 Å². The van der Waals surface area contributed by atoms with Gasteiger partial charge in [0, 0.05) is 0 Å². The maximum atomic E-state index is 12.1. The molecule has 1 aliphatic rings. The number of benzene rings is 1. The van der Waals surface area contributed by atoms with Crippen LogP contribution >= 0.6 is 11.6 Å². The summed E-state index contributed by atoms with van der Waals surface area (Å²) in [5.74, 6) is -0.634. The quantitative estimate of drug-likeness (QED) is 0.893. The van der Waals surface area contributed by atoms with Crippen molar-refractivity contribution < 1.29 is 22.7 Å². The van der Waals surface area contributed by atoms with Gasteiger partial charge in [-0.2, -0.15) is 0 Å². The topological polar surface area (TPSA) is 64.4 Å². The standard InChI is InChI=1S/C13H14ClF3N2O2/c14-9-4-7(1-2-11(9)21-13(15,16)17)3-8-5-10(12(18)20)19-6-8/h1-2,4,8,10,19H,3,5-6H2,(H2,18,20). The third-order valence-corrected chi connectivity index (χ3v) is 3.61. The first-order valence-corrected chi connectivity index (χ1v) is 6.69. The van der Waals surface area contributed by atoms with E-state index in [9.17, 15) is 18.0 Å². The fourth-order valence-corrected chi connectivity index (χ4v) is 2.63. The molecule has 1 aliphatic heterocycles. The predicted octanol–water partition coefficient (Wildman–Crippen LogP) is 2.24. The van der Waals surface area contributed by atoms with Crippen molar-refractivity contribution in [2.45, 2.75) is 25.2 Å². The summed E-state index contributed by atoms with van der Waals surface area (Å²) in [6.45, 7) is 0.631. The molecule has 0 spiro atoms. The highest BCUT2D eigenvalue weighted by Gasteiger charge is 2.32. The Morgan fingerprint density at radius 2 is 2.19 bits per heavy atom. The molecule has 116 valence electrons. The second-order valence-electron chi connectivity index (χ2n) is 4.98. The molecule has 1 amide bonds. The summed E-state index contributed by atoms with van der Waals surface area (Å²) in [5, 5.41) is 2.91. The predicted molar refractivity (Wildman–Crippen MR) is 70.9 cm³/mol. The van der Waals surface area contributed by atoms with Crippen molar-refractivity contribution in [2.24, 2.45) is 11.7 Å². The van der Waals surface area contributed by atoms with E-state index in [1.807, 2.05) is 0 Å². The highest BCUT2D eigenvalue weighted by Crippen LogP contribution is 2.31. The Kier molecular flexibility index (Phi) is 4.63. The van der Waals surface area contributed by atoms with Crippen LogP contribution in [0.4, 0.5) is 13.2 Å². The third kappa shape index (κ3) is 4.50. The lowest BCUT2D eigenvalue weighted by atomic mass is 9.96. The SMILES string of the molecule is NC(=O)C1CC(Cc2ccc(OC(F)(F)F)c(Cl)c2)CN1. The van der Waals surface area contributed by atoms with Gasteiger partial charge in [-0.25, -0.2) is 0 Å². The zero-order valence-electron chi connectivity index (χ0n) is 10.9. The molecule has 3 N–H and O–H groups in total. The van der Waals surface area contributed by atoms with Gasteiger partial charge in [-0.15, -0.1) is 13.2 Å². The number of carbonyl (C=O) groups excluding carboxylic acids is 1. The van der Waals surface area contributed by atoms with E-state index >= 15 is 0 Å². The molecule has 8 heteroatoms. The van der Waals surface area contributed by atoms with Gasteiger partial charge in [0.2, 0.25) is 5.91 Å². The number of ether oxygens (including phenoxy) is 1. The Labute approximate surface area is 124 Å². The van der Waals surface area contributed by atoms with Crippen molar-refractivity contribution in [1.29, 1.82) is 0 Å². The number of carbonyl (C=O) groups is 1. The highest BCUT2D eigenvalue weighted by atomic mass is 35.5. The summed E-state index contributed by atoms with van der Waals surface area (Å²) in [6.07, 6.45) is -3.56. The molecule has 0 bridgehead atoms. The smallest absolute Gasteiger partial charge is 0.404 e. The average Bonchev–Trinajstić information content (AvgIpc) is 2.80. The van der Waals surface area contributed by atoms with Gasteiger partial charge in [-0.1, -0.05) is 17.7 Å². The first-order chi connectivity index (χ1) is 9.74. The van der Waals surface area contributed by atoms with Crippen LogP contribution in [0.5, 0.6) is 5.75 Å². The average molecular weight is 323 g/mol. The second-order valence-corrected chi connectivity index (χ2v) is 5.39. The molecule has 4 nitrogen and oxygen atoms in total. The summed E-state index contributed by atoms with van der Waals surface area (Å²) in [4.78, 5) is 11.0. The van der Waals surface area contributed by atoms with Crippen LogP contribution in [0.3, 0.4) is 0 Å². The van der Waals surface area contributed by atoms with E-state index in [0.717, 1.165) is 5.56 Å². The molecule has 0 radical (unpaired) electrons. The lowest BCUT2D eigenvalue weighted by Gasteiger charge is -2.13. The number of primary amides is 1. The molecule has 2 rings (SSSR count). The van der Waals surface area contributed by atoms with E-state index in [0.29, 0.717) is 19.4 Å². The van der Waals surface area contributed by atoms with Gasteiger partial charge in [0.05, 0.1) is 11.1 Å². The monoisotopic (exact) mass is 322 g/mol. The van der Waals surface area contributed by atoms with Crippen molar-refractivity contribution in [3.05, 3.63) is 28.8 Å². The van der Waals surface area contributed by atoms with Gasteiger partial charge in [-0.3, -0.25) is 4.79 Å². The first kappa shape index (κ1) is 15.9. The van der Waals surface area contributed by atoms with Crippen LogP contribution in [0.15, 0.2) is 18.2 Å². The van der Waals surface area contributed by atoms with Crippen LogP contribution < -0.4 is 15.8 Å². The molecule has 2 atom stereocenters. The largest absolute Gasteiger partial charge is 0.573 e. The Balaban J connectivity index is 1.99. The Hall–Kier alpha value is -1.47. The van der Waals surface area contributed by atoms with Crippen LogP contribution in [0.25, 0.3) is 0 Å². The second kappa shape index (κ2) is 6.11. The van der Waals surface area contributed by atoms with E-state index in [1.165, 1.54) is 18.2 Å². The van der Waals surface area contributed by atoms with Crippen LogP contribution in [0.2, 0.25) is 5.02 Å². The number of nitrogens with one attached hydrogen (secondary N) is 1. The third-order valence-electron chi connectivity index (χ3n) is 3.31. The molecule has 1 saturated heterocycles. The van der Waals surface area contributed by atoms with Gasteiger partial charge in [0.1, 0.15) is 5.75 Å². The lowest BCUT2D eigenvalue weighted by molar-refractivity contribution is -0.274. The molecule has 21 heavy (non-hydrogen) atoms. The molecule has 0 aromatic heterocycles. The van der Waals surface area contributed by atoms with Crippen LogP contribution in [-0.4, -0.2) is 24.9 Å². The summed E-state index contributed by atoms with van der Waals surface area (Å²) < 4.78 is 40.2. The van der Waals surface area contributed by atoms with E-state index < -0.39 is 18.0 Å². The Morgan fingerprint density at radius 3 is 2.71 bits per heavy atom. The molecule has 1 fully saturated rings. The summed E-state index contributed by atoms with van der Waals surface area (Å²) in [6, 6.07) is 3.82. The lowest BCUT2D eigenvalue weighted by Crippen LogP contribution is -2.36. The van der Waals surface area contributed by atoms with E-state index in [2.05, 4.69) is 10.1 Å².